The van der Waals surface area contributed by atoms with Crippen molar-refractivity contribution in [1.29, 1.82) is 0 Å². The molecule has 1 saturated heterocycles. The third kappa shape index (κ3) is 4.20. The number of hydrogen-bond donors (Lipinski definition) is 2. The van der Waals surface area contributed by atoms with Crippen molar-refractivity contribution in [2.75, 3.05) is 26.7 Å². The minimum absolute atomic E-state index is 0. The molecule has 0 saturated carbocycles. The van der Waals surface area contributed by atoms with Gasteiger partial charge in [-0.05, 0) is 17.7 Å². The Labute approximate surface area is 114 Å². The molecule has 0 unspecified atom stereocenters. The van der Waals surface area contributed by atoms with E-state index in [0.717, 1.165) is 30.9 Å². The van der Waals surface area contributed by atoms with Gasteiger partial charge in [0.1, 0.15) is 5.75 Å². The molecule has 18 heavy (non-hydrogen) atoms. The molecule has 5 heteroatoms. The third-order valence-corrected chi connectivity index (χ3v) is 2.98. The number of amides is 1. The van der Waals surface area contributed by atoms with Crippen LogP contribution in [0.3, 0.4) is 0 Å². The zero-order valence-corrected chi connectivity index (χ0v) is 11.3. The molecule has 1 aromatic carbocycles. The predicted molar refractivity (Wildman–Crippen MR) is 73.3 cm³/mol. The molecule has 100 valence electrons. The van der Waals surface area contributed by atoms with Gasteiger partial charge in [0.15, 0.2) is 0 Å². The molecule has 0 atom stereocenters. The van der Waals surface area contributed by atoms with E-state index in [1.165, 1.54) is 0 Å². The highest BCUT2D eigenvalue weighted by Crippen LogP contribution is 2.11. The van der Waals surface area contributed by atoms with E-state index in [1.54, 1.807) is 7.11 Å². The van der Waals surface area contributed by atoms with E-state index in [4.69, 9.17) is 4.74 Å². The van der Waals surface area contributed by atoms with Crippen molar-refractivity contribution in [2.45, 2.75) is 6.42 Å². The highest BCUT2D eigenvalue weighted by molar-refractivity contribution is 5.85. The number of rotatable bonds is 5. The van der Waals surface area contributed by atoms with Gasteiger partial charge >= 0.3 is 0 Å². The SMILES string of the molecule is COc1ccc(CC(=O)NCC2CNC2)cc1.Cl. The summed E-state index contributed by atoms with van der Waals surface area (Å²) in [4.78, 5) is 11.6. The van der Waals surface area contributed by atoms with Gasteiger partial charge in [0, 0.05) is 25.6 Å². The van der Waals surface area contributed by atoms with Crippen LogP contribution in [0.1, 0.15) is 5.56 Å². The Kier molecular flexibility index (Phi) is 5.95. The molecule has 1 aliphatic heterocycles. The topological polar surface area (TPSA) is 50.4 Å². The molecule has 0 bridgehead atoms. The van der Waals surface area contributed by atoms with Crippen LogP contribution in [-0.4, -0.2) is 32.7 Å². The van der Waals surface area contributed by atoms with E-state index >= 15 is 0 Å². The van der Waals surface area contributed by atoms with Crippen LogP contribution in [-0.2, 0) is 11.2 Å². The van der Waals surface area contributed by atoms with Gasteiger partial charge in [-0.1, -0.05) is 12.1 Å². The molecule has 0 aliphatic carbocycles. The fourth-order valence-electron chi connectivity index (χ4n) is 1.74. The van der Waals surface area contributed by atoms with Crippen LogP contribution in [0.15, 0.2) is 24.3 Å². The number of methoxy groups -OCH3 is 1. The van der Waals surface area contributed by atoms with E-state index in [2.05, 4.69) is 10.6 Å². The molecule has 1 amide bonds. The van der Waals surface area contributed by atoms with E-state index < -0.39 is 0 Å². The Morgan fingerprint density at radius 2 is 2.06 bits per heavy atom. The summed E-state index contributed by atoms with van der Waals surface area (Å²) in [6.07, 6.45) is 0.435. The van der Waals surface area contributed by atoms with Crippen LogP contribution < -0.4 is 15.4 Å². The van der Waals surface area contributed by atoms with Gasteiger partial charge < -0.3 is 15.4 Å². The normalized spacial score (nSPS) is 14.3. The summed E-state index contributed by atoms with van der Waals surface area (Å²) in [5.41, 5.74) is 1.01. The lowest BCUT2D eigenvalue weighted by molar-refractivity contribution is -0.120. The first-order valence-corrected chi connectivity index (χ1v) is 5.88. The van der Waals surface area contributed by atoms with Crippen molar-refractivity contribution < 1.29 is 9.53 Å². The van der Waals surface area contributed by atoms with Gasteiger partial charge in [0.05, 0.1) is 13.5 Å². The molecule has 4 nitrogen and oxygen atoms in total. The second-order valence-corrected chi connectivity index (χ2v) is 4.35. The Balaban J connectivity index is 0.00000162. The fraction of sp³-hybridized carbons (Fsp3) is 0.462. The highest BCUT2D eigenvalue weighted by atomic mass is 35.5. The zero-order chi connectivity index (χ0) is 12.1. The molecule has 0 aromatic heterocycles. The predicted octanol–water partition coefficient (Wildman–Crippen LogP) is 0.995. The maximum absolute atomic E-state index is 11.6. The van der Waals surface area contributed by atoms with Crippen molar-refractivity contribution >= 4 is 18.3 Å². The summed E-state index contributed by atoms with van der Waals surface area (Å²) in [7, 11) is 1.63. The number of benzene rings is 1. The second-order valence-electron chi connectivity index (χ2n) is 4.35. The van der Waals surface area contributed by atoms with Crippen LogP contribution in [0.5, 0.6) is 5.75 Å². The van der Waals surface area contributed by atoms with E-state index in [1.807, 2.05) is 24.3 Å². The number of hydrogen-bond acceptors (Lipinski definition) is 3. The smallest absolute Gasteiger partial charge is 0.224 e. The summed E-state index contributed by atoms with van der Waals surface area (Å²) < 4.78 is 5.07. The summed E-state index contributed by atoms with van der Waals surface area (Å²) >= 11 is 0. The van der Waals surface area contributed by atoms with Gasteiger partial charge in [-0.15, -0.1) is 12.4 Å². The quantitative estimate of drug-likeness (QED) is 0.839. The number of carbonyl (C=O) groups excluding carboxylic acids is 1. The van der Waals surface area contributed by atoms with Crippen LogP contribution in [0.25, 0.3) is 0 Å². The second kappa shape index (κ2) is 7.24. The minimum Gasteiger partial charge on any atom is -0.497 e. The molecule has 0 spiro atoms. The largest absolute Gasteiger partial charge is 0.497 e. The molecule has 1 aromatic rings. The van der Waals surface area contributed by atoms with Gasteiger partial charge in [0.25, 0.3) is 0 Å². The van der Waals surface area contributed by atoms with Crippen LogP contribution in [0, 0.1) is 5.92 Å². The molecule has 1 heterocycles. The first-order valence-electron chi connectivity index (χ1n) is 5.88. The minimum atomic E-state index is 0. The van der Waals surface area contributed by atoms with Crippen molar-refractivity contribution in [2.24, 2.45) is 5.92 Å². The Bertz CT molecular complexity index is 377. The molecule has 2 rings (SSSR count). The van der Waals surface area contributed by atoms with Gasteiger partial charge in [-0.3, -0.25) is 4.79 Å². The monoisotopic (exact) mass is 270 g/mol. The third-order valence-electron chi connectivity index (χ3n) is 2.98. The van der Waals surface area contributed by atoms with Crippen molar-refractivity contribution in [3.8, 4) is 5.75 Å². The van der Waals surface area contributed by atoms with Crippen LogP contribution in [0.4, 0.5) is 0 Å². The van der Waals surface area contributed by atoms with Gasteiger partial charge in [-0.25, -0.2) is 0 Å². The van der Waals surface area contributed by atoms with Crippen molar-refractivity contribution in [3.63, 3.8) is 0 Å². The Morgan fingerprint density at radius 1 is 1.39 bits per heavy atom. The standard InChI is InChI=1S/C13H18N2O2.ClH/c1-17-12-4-2-10(3-5-12)6-13(16)15-9-11-7-14-8-11;/h2-5,11,14H,6-9H2,1H3,(H,15,16);1H. The molecule has 1 aliphatic rings. The summed E-state index contributed by atoms with van der Waals surface area (Å²) in [6, 6.07) is 7.59. The lowest BCUT2D eigenvalue weighted by atomic mass is 10.0. The average molecular weight is 271 g/mol. The summed E-state index contributed by atoms with van der Waals surface area (Å²) in [5, 5.41) is 6.13. The van der Waals surface area contributed by atoms with E-state index in [-0.39, 0.29) is 18.3 Å². The van der Waals surface area contributed by atoms with Gasteiger partial charge in [0.2, 0.25) is 5.91 Å². The van der Waals surface area contributed by atoms with Crippen LogP contribution in [0.2, 0.25) is 0 Å². The zero-order valence-electron chi connectivity index (χ0n) is 10.4. The Morgan fingerprint density at radius 3 is 2.56 bits per heavy atom. The Hall–Kier alpha value is -1.26. The summed E-state index contributed by atoms with van der Waals surface area (Å²) in [5.74, 6) is 1.51. The maximum atomic E-state index is 11.6. The van der Waals surface area contributed by atoms with Crippen LogP contribution >= 0.6 is 12.4 Å². The first-order chi connectivity index (χ1) is 8.28. The summed E-state index contributed by atoms with van der Waals surface area (Å²) in [6.45, 7) is 2.81. The van der Waals surface area contributed by atoms with Crippen molar-refractivity contribution in [3.05, 3.63) is 29.8 Å². The number of ether oxygens (including phenoxy) is 1. The molecular weight excluding hydrogens is 252 g/mol. The molecular formula is C13H19ClN2O2. The molecule has 0 radical (unpaired) electrons. The average Bonchev–Trinajstić information content (AvgIpc) is 2.28. The first kappa shape index (κ1) is 14.8. The highest BCUT2D eigenvalue weighted by Gasteiger charge is 2.16. The lowest BCUT2D eigenvalue weighted by Crippen LogP contribution is -2.48. The van der Waals surface area contributed by atoms with Crippen molar-refractivity contribution in [1.82, 2.24) is 10.6 Å². The van der Waals surface area contributed by atoms with E-state index in [9.17, 15) is 4.79 Å². The number of nitrogens with one attached hydrogen (secondary N) is 2. The number of carbonyl (C=O) groups is 1. The van der Waals surface area contributed by atoms with Gasteiger partial charge in [-0.2, -0.15) is 0 Å². The molecule has 1 fully saturated rings. The maximum Gasteiger partial charge on any atom is 0.224 e. The fourth-order valence-corrected chi connectivity index (χ4v) is 1.74. The lowest BCUT2D eigenvalue weighted by Gasteiger charge is -2.27. The molecule has 2 N–H and O–H groups in total. The number of halogens is 1. The van der Waals surface area contributed by atoms with E-state index in [0.29, 0.717) is 12.3 Å².